The minimum absolute atomic E-state index is 0.175. The number of sulfonamides is 1. The molecule has 2 aromatic heterocycles. The highest BCUT2D eigenvalue weighted by Gasteiger charge is 2.16. The zero-order valence-corrected chi connectivity index (χ0v) is 17.6. The zero-order valence-electron chi connectivity index (χ0n) is 16.0. The van der Waals surface area contributed by atoms with E-state index in [1.807, 2.05) is 30.3 Å². The molecule has 0 saturated carbocycles. The molecule has 0 fully saturated rings. The van der Waals surface area contributed by atoms with Crippen molar-refractivity contribution in [3.8, 4) is 11.3 Å². The van der Waals surface area contributed by atoms with Gasteiger partial charge >= 0.3 is 0 Å². The summed E-state index contributed by atoms with van der Waals surface area (Å²) in [5, 5.41) is 8.90. The Morgan fingerprint density at radius 1 is 0.935 bits per heavy atom. The van der Waals surface area contributed by atoms with Gasteiger partial charge in [0.1, 0.15) is 5.52 Å². The highest BCUT2D eigenvalue weighted by Crippen LogP contribution is 2.32. The first-order valence-electron chi connectivity index (χ1n) is 9.33. The Labute approximate surface area is 182 Å². The molecule has 0 bridgehead atoms. The Balaban J connectivity index is 1.46. The molecule has 3 aromatic carbocycles. The maximum atomic E-state index is 12.9. The molecule has 0 atom stereocenters. The van der Waals surface area contributed by atoms with Crippen molar-refractivity contribution in [3.05, 3.63) is 77.8 Å². The van der Waals surface area contributed by atoms with Crippen LogP contribution < -0.4 is 10.5 Å². The third-order valence-corrected chi connectivity index (χ3v) is 6.65. The van der Waals surface area contributed by atoms with E-state index in [2.05, 4.69) is 19.9 Å². The van der Waals surface area contributed by atoms with Crippen molar-refractivity contribution in [3.63, 3.8) is 0 Å². The molecule has 0 aliphatic carbocycles. The molecule has 7 nitrogen and oxygen atoms in total. The number of hydrogen-bond acceptors (Lipinski definition) is 5. The van der Waals surface area contributed by atoms with Gasteiger partial charge in [-0.25, -0.2) is 13.4 Å². The van der Waals surface area contributed by atoms with Crippen LogP contribution in [0.25, 0.3) is 33.1 Å². The molecule has 0 unspecified atom stereocenters. The summed E-state index contributed by atoms with van der Waals surface area (Å²) in [6.45, 7) is 0. The van der Waals surface area contributed by atoms with Crippen molar-refractivity contribution in [2.45, 2.75) is 4.90 Å². The molecule has 0 aliphatic rings. The van der Waals surface area contributed by atoms with Gasteiger partial charge in [0.25, 0.3) is 10.0 Å². The highest BCUT2D eigenvalue weighted by molar-refractivity contribution is 7.92. The number of nitrogen functional groups attached to an aromatic ring is 1. The number of pyridine rings is 1. The van der Waals surface area contributed by atoms with E-state index < -0.39 is 10.0 Å². The molecule has 9 heteroatoms. The molecular formula is C22H16ClN5O2S. The standard InChI is InChI=1S/C22H16ClN5O2S/c23-18-12-15(6-8-17(18)19-9-10-20-21(25-19)22(24)27-26-20)28-31(29,30)16-7-5-13-3-1-2-4-14(13)11-16/h1-12,28H,(H3,24,26,27). The van der Waals surface area contributed by atoms with Crippen LogP contribution in [0.5, 0.6) is 0 Å². The van der Waals surface area contributed by atoms with Gasteiger partial charge in [-0.05, 0) is 53.2 Å². The summed E-state index contributed by atoms with van der Waals surface area (Å²) >= 11 is 6.45. The minimum Gasteiger partial charge on any atom is -0.380 e. The Bertz CT molecular complexity index is 1560. The molecule has 5 rings (SSSR count). The summed E-state index contributed by atoms with van der Waals surface area (Å²) in [4.78, 5) is 4.68. The number of aromatic nitrogens is 3. The lowest BCUT2D eigenvalue weighted by Crippen LogP contribution is -2.12. The fraction of sp³-hybridized carbons (Fsp3) is 0. The van der Waals surface area contributed by atoms with Crippen LogP contribution in [0, 0.1) is 0 Å². The molecular weight excluding hydrogens is 434 g/mol. The van der Waals surface area contributed by atoms with Crippen LogP contribution in [0.4, 0.5) is 11.5 Å². The summed E-state index contributed by atoms with van der Waals surface area (Å²) in [6.07, 6.45) is 0. The molecule has 0 amide bonds. The normalized spacial score (nSPS) is 11.8. The van der Waals surface area contributed by atoms with Gasteiger partial charge in [0, 0.05) is 5.56 Å². The second-order valence-corrected chi connectivity index (χ2v) is 9.10. The summed E-state index contributed by atoms with van der Waals surface area (Å²) < 4.78 is 28.3. The lowest BCUT2D eigenvalue weighted by molar-refractivity contribution is 0.601. The van der Waals surface area contributed by atoms with Crippen LogP contribution in [-0.4, -0.2) is 23.6 Å². The van der Waals surface area contributed by atoms with Gasteiger partial charge in [0.2, 0.25) is 0 Å². The van der Waals surface area contributed by atoms with Crippen LogP contribution in [0.1, 0.15) is 0 Å². The van der Waals surface area contributed by atoms with Crippen LogP contribution in [0.15, 0.2) is 77.7 Å². The van der Waals surface area contributed by atoms with Crippen molar-refractivity contribution >= 4 is 54.9 Å². The Hall–Kier alpha value is -3.62. The monoisotopic (exact) mass is 449 g/mol. The first-order valence-corrected chi connectivity index (χ1v) is 11.2. The van der Waals surface area contributed by atoms with Gasteiger partial charge in [-0.15, -0.1) is 0 Å². The van der Waals surface area contributed by atoms with Gasteiger partial charge in [0.15, 0.2) is 5.82 Å². The number of hydrogen-bond donors (Lipinski definition) is 3. The van der Waals surface area contributed by atoms with E-state index in [0.29, 0.717) is 33.3 Å². The molecule has 0 saturated heterocycles. The molecule has 2 heterocycles. The van der Waals surface area contributed by atoms with Gasteiger partial charge < -0.3 is 5.73 Å². The first kappa shape index (κ1) is 19.3. The molecule has 154 valence electrons. The average Bonchev–Trinajstić information content (AvgIpc) is 3.13. The summed E-state index contributed by atoms with van der Waals surface area (Å²) in [7, 11) is -3.78. The summed E-state index contributed by atoms with van der Waals surface area (Å²) in [5.41, 5.74) is 8.71. The maximum Gasteiger partial charge on any atom is 0.261 e. The maximum absolute atomic E-state index is 12.9. The molecule has 0 radical (unpaired) electrons. The number of nitrogens with one attached hydrogen (secondary N) is 2. The van der Waals surface area contributed by atoms with Crippen molar-refractivity contribution in [1.29, 1.82) is 0 Å². The Morgan fingerprint density at radius 2 is 1.74 bits per heavy atom. The van der Waals surface area contributed by atoms with E-state index in [4.69, 9.17) is 17.3 Å². The first-order chi connectivity index (χ1) is 14.9. The topological polar surface area (TPSA) is 114 Å². The highest BCUT2D eigenvalue weighted by atomic mass is 35.5. The largest absolute Gasteiger partial charge is 0.380 e. The van der Waals surface area contributed by atoms with Gasteiger partial charge in [-0.2, -0.15) is 5.10 Å². The number of benzene rings is 3. The van der Waals surface area contributed by atoms with Crippen LogP contribution >= 0.6 is 11.6 Å². The van der Waals surface area contributed by atoms with Crippen molar-refractivity contribution < 1.29 is 8.42 Å². The number of nitrogens with two attached hydrogens (primary N) is 1. The number of H-pyrrole nitrogens is 1. The number of rotatable bonds is 4. The SMILES string of the molecule is Nc1n[nH]c2ccc(-c3ccc(NS(=O)(=O)c4ccc5ccccc5c4)cc3Cl)nc12. The predicted molar refractivity (Wildman–Crippen MR) is 124 cm³/mol. The molecule has 31 heavy (non-hydrogen) atoms. The zero-order chi connectivity index (χ0) is 21.6. The molecule has 0 aliphatic heterocycles. The van der Waals surface area contributed by atoms with Crippen LogP contribution in [0.3, 0.4) is 0 Å². The van der Waals surface area contributed by atoms with E-state index in [1.54, 1.807) is 42.5 Å². The second kappa shape index (κ2) is 7.26. The molecule has 0 spiro atoms. The van der Waals surface area contributed by atoms with E-state index in [0.717, 1.165) is 16.3 Å². The summed E-state index contributed by atoms with van der Waals surface area (Å²) in [5.74, 6) is 0.299. The number of fused-ring (bicyclic) bond motifs is 2. The number of halogens is 1. The minimum atomic E-state index is -3.78. The third-order valence-electron chi connectivity index (χ3n) is 4.96. The van der Waals surface area contributed by atoms with E-state index in [1.165, 1.54) is 0 Å². The third kappa shape index (κ3) is 3.56. The van der Waals surface area contributed by atoms with Crippen LogP contribution in [0.2, 0.25) is 5.02 Å². The fourth-order valence-electron chi connectivity index (χ4n) is 3.40. The molecule has 5 aromatic rings. The quantitative estimate of drug-likeness (QED) is 0.364. The second-order valence-electron chi connectivity index (χ2n) is 7.01. The van der Waals surface area contributed by atoms with Crippen molar-refractivity contribution in [2.75, 3.05) is 10.5 Å². The van der Waals surface area contributed by atoms with E-state index >= 15 is 0 Å². The van der Waals surface area contributed by atoms with E-state index in [9.17, 15) is 8.42 Å². The molecule has 4 N–H and O–H groups in total. The van der Waals surface area contributed by atoms with Gasteiger partial charge in [0.05, 0.1) is 26.8 Å². The predicted octanol–water partition coefficient (Wildman–Crippen LogP) is 4.81. The lowest BCUT2D eigenvalue weighted by atomic mass is 10.1. The number of anilines is 2. The van der Waals surface area contributed by atoms with Crippen LogP contribution in [-0.2, 0) is 10.0 Å². The van der Waals surface area contributed by atoms with Crippen molar-refractivity contribution in [2.24, 2.45) is 0 Å². The lowest BCUT2D eigenvalue weighted by Gasteiger charge is -2.11. The Kier molecular flexibility index (Phi) is 4.53. The number of aromatic amines is 1. The summed E-state index contributed by atoms with van der Waals surface area (Å²) in [6, 6.07) is 21.1. The Morgan fingerprint density at radius 3 is 2.55 bits per heavy atom. The number of nitrogens with zero attached hydrogens (tertiary/aromatic N) is 2. The van der Waals surface area contributed by atoms with Gasteiger partial charge in [-0.1, -0.05) is 41.9 Å². The fourth-order valence-corrected chi connectivity index (χ4v) is 4.76. The van der Waals surface area contributed by atoms with Gasteiger partial charge in [-0.3, -0.25) is 9.82 Å². The smallest absolute Gasteiger partial charge is 0.261 e. The van der Waals surface area contributed by atoms with E-state index in [-0.39, 0.29) is 4.90 Å². The average molecular weight is 450 g/mol. The van der Waals surface area contributed by atoms with Crippen molar-refractivity contribution in [1.82, 2.24) is 15.2 Å².